The van der Waals surface area contributed by atoms with E-state index in [1.54, 1.807) is 40.4 Å². The highest BCUT2D eigenvalue weighted by Crippen LogP contribution is 2.37. The Morgan fingerprint density at radius 2 is 2.11 bits per heavy atom. The lowest BCUT2D eigenvalue weighted by atomic mass is 10.2. The minimum atomic E-state index is -0.496. The maximum atomic E-state index is 12.8. The number of para-hydroxylation sites is 1. The van der Waals surface area contributed by atoms with Crippen molar-refractivity contribution in [2.75, 3.05) is 18.1 Å². The van der Waals surface area contributed by atoms with Crippen molar-refractivity contribution in [2.24, 2.45) is 0 Å². The largest absolute Gasteiger partial charge is 0.452 e. The average molecular weight is 399 g/mol. The van der Waals surface area contributed by atoms with Crippen molar-refractivity contribution in [3.8, 4) is 0 Å². The van der Waals surface area contributed by atoms with Crippen molar-refractivity contribution < 1.29 is 14.3 Å². The van der Waals surface area contributed by atoms with Gasteiger partial charge in [0.15, 0.2) is 6.61 Å². The SMILES string of the molecule is C[C@@H]1CCN(C(=O)COC(=O)c2ccc3ncsc3c2)c2ccccc2S1. The molecule has 5 nitrogen and oxygen atoms in total. The van der Waals surface area contributed by atoms with Gasteiger partial charge in [-0.05, 0) is 36.8 Å². The average Bonchev–Trinajstić information content (AvgIpc) is 3.08. The molecular formula is C20H18N2O3S2. The molecule has 138 valence electrons. The van der Waals surface area contributed by atoms with Crippen LogP contribution in [0.25, 0.3) is 10.2 Å². The molecule has 7 heteroatoms. The summed E-state index contributed by atoms with van der Waals surface area (Å²) in [5.41, 5.74) is 3.90. The van der Waals surface area contributed by atoms with Crippen LogP contribution in [0.4, 0.5) is 5.69 Å². The molecule has 0 bridgehead atoms. The second-order valence-electron chi connectivity index (χ2n) is 6.34. The predicted octanol–water partition coefficient (Wildman–Crippen LogP) is 4.37. The molecule has 0 unspecified atom stereocenters. The Morgan fingerprint density at radius 1 is 1.26 bits per heavy atom. The van der Waals surface area contributed by atoms with Gasteiger partial charge in [-0.15, -0.1) is 23.1 Å². The maximum absolute atomic E-state index is 12.8. The Morgan fingerprint density at radius 3 is 3.00 bits per heavy atom. The topological polar surface area (TPSA) is 59.5 Å². The van der Waals surface area contributed by atoms with Crippen LogP contribution in [0.3, 0.4) is 0 Å². The number of hydrogen-bond donors (Lipinski definition) is 0. The van der Waals surface area contributed by atoms with Gasteiger partial charge in [-0.3, -0.25) is 4.79 Å². The Bertz CT molecular complexity index is 1000. The molecule has 0 fully saturated rings. The number of anilines is 1. The van der Waals surface area contributed by atoms with Gasteiger partial charge in [-0.1, -0.05) is 19.1 Å². The van der Waals surface area contributed by atoms with Crippen LogP contribution in [-0.4, -0.2) is 35.3 Å². The van der Waals surface area contributed by atoms with Gasteiger partial charge < -0.3 is 9.64 Å². The lowest BCUT2D eigenvalue weighted by Gasteiger charge is -2.22. The van der Waals surface area contributed by atoms with Crippen LogP contribution in [0, 0.1) is 0 Å². The molecule has 0 aliphatic carbocycles. The zero-order valence-corrected chi connectivity index (χ0v) is 16.4. The predicted molar refractivity (Wildman–Crippen MR) is 109 cm³/mol. The van der Waals surface area contributed by atoms with Crippen molar-refractivity contribution in [1.82, 2.24) is 4.98 Å². The van der Waals surface area contributed by atoms with E-state index >= 15 is 0 Å². The smallest absolute Gasteiger partial charge is 0.338 e. The van der Waals surface area contributed by atoms with Crippen LogP contribution in [0.1, 0.15) is 23.7 Å². The first-order valence-corrected chi connectivity index (χ1v) is 10.4. The molecule has 2 aromatic carbocycles. The first kappa shape index (κ1) is 18.0. The normalized spacial score (nSPS) is 16.6. The minimum absolute atomic E-state index is 0.204. The maximum Gasteiger partial charge on any atom is 0.338 e. The monoisotopic (exact) mass is 398 g/mol. The van der Waals surface area contributed by atoms with Gasteiger partial charge in [0, 0.05) is 16.7 Å². The first-order valence-electron chi connectivity index (χ1n) is 8.68. The van der Waals surface area contributed by atoms with E-state index < -0.39 is 5.97 Å². The highest BCUT2D eigenvalue weighted by atomic mass is 32.2. The standard InChI is InChI=1S/C20H18N2O3S2/c1-13-8-9-22(16-4-2-3-5-17(16)27-13)19(23)11-25-20(24)14-6-7-15-18(10-14)26-12-21-15/h2-7,10,12-13H,8-9,11H2,1H3/t13-/m1/s1. The fourth-order valence-electron chi connectivity index (χ4n) is 3.02. The molecule has 1 atom stereocenters. The Labute approximate surface area is 165 Å². The van der Waals surface area contributed by atoms with Gasteiger partial charge >= 0.3 is 5.97 Å². The van der Waals surface area contributed by atoms with Gasteiger partial charge in [-0.2, -0.15) is 0 Å². The number of benzene rings is 2. The third-order valence-corrected chi connectivity index (χ3v) is 6.47. The zero-order chi connectivity index (χ0) is 18.8. The number of carbonyl (C=O) groups is 2. The molecule has 1 aliphatic rings. The Hall–Kier alpha value is -2.38. The molecule has 4 rings (SSSR count). The van der Waals surface area contributed by atoms with E-state index in [-0.39, 0.29) is 12.5 Å². The van der Waals surface area contributed by atoms with Crippen LogP contribution in [0.15, 0.2) is 52.9 Å². The Kier molecular flexibility index (Phi) is 5.13. The zero-order valence-electron chi connectivity index (χ0n) is 14.8. The van der Waals surface area contributed by atoms with Crippen LogP contribution < -0.4 is 4.90 Å². The number of esters is 1. The summed E-state index contributed by atoms with van der Waals surface area (Å²) in [6.07, 6.45) is 0.890. The minimum Gasteiger partial charge on any atom is -0.452 e. The van der Waals surface area contributed by atoms with E-state index in [1.807, 2.05) is 24.3 Å². The van der Waals surface area contributed by atoms with Crippen molar-refractivity contribution >= 4 is 50.9 Å². The number of carbonyl (C=O) groups excluding carboxylic acids is 2. The molecule has 27 heavy (non-hydrogen) atoms. The molecular weight excluding hydrogens is 380 g/mol. The molecule has 1 amide bonds. The van der Waals surface area contributed by atoms with Crippen molar-refractivity contribution in [2.45, 2.75) is 23.5 Å². The summed E-state index contributed by atoms with van der Waals surface area (Å²) >= 11 is 3.24. The number of nitrogens with zero attached hydrogens (tertiary/aromatic N) is 2. The number of amides is 1. The van der Waals surface area contributed by atoms with E-state index in [0.717, 1.165) is 27.2 Å². The quantitative estimate of drug-likeness (QED) is 0.613. The molecule has 0 radical (unpaired) electrons. The Balaban J connectivity index is 1.46. The molecule has 2 heterocycles. The van der Waals surface area contributed by atoms with Crippen LogP contribution in [0.5, 0.6) is 0 Å². The van der Waals surface area contributed by atoms with E-state index in [0.29, 0.717) is 17.4 Å². The van der Waals surface area contributed by atoms with Crippen molar-refractivity contribution in [1.29, 1.82) is 0 Å². The molecule has 3 aromatic rings. The van der Waals surface area contributed by atoms with Crippen LogP contribution in [0.2, 0.25) is 0 Å². The third kappa shape index (κ3) is 3.84. The van der Waals surface area contributed by atoms with Gasteiger partial charge in [0.05, 0.1) is 27.0 Å². The van der Waals surface area contributed by atoms with E-state index in [1.165, 1.54) is 11.3 Å². The van der Waals surface area contributed by atoms with Crippen LogP contribution in [-0.2, 0) is 9.53 Å². The number of rotatable bonds is 3. The summed E-state index contributed by atoms with van der Waals surface area (Å²) in [6.45, 7) is 2.51. The number of thioether (sulfide) groups is 1. The van der Waals surface area contributed by atoms with Gasteiger partial charge in [0.2, 0.25) is 0 Å². The summed E-state index contributed by atoms with van der Waals surface area (Å²) in [5.74, 6) is -0.700. The number of fused-ring (bicyclic) bond motifs is 2. The van der Waals surface area contributed by atoms with E-state index in [9.17, 15) is 9.59 Å². The molecule has 0 spiro atoms. The van der Waals surface area contributed by atoms with Crippen LogP contribution >= 0.6 is 23.1 Å². The molecule has 0 N–H and O–H groups in total. The number of hydrogen-bond acceptors (Lipinski definition) is 6. The summed E-state index contributed by atoms with van der Waals surface area (Å²) in [5, 5.41) is 0.428. The molecule has 0 saturated heterocycles. The van der Waals surface area contributed by atoms with Crippen molar-refractivity contribution in [3.05, 3.63) is 53.5 Å². The van der Waals surface area contributed by atoms with Gasteiger partial charge in [-0.25, -0.2) is 9.78 Å². The fourth-order valence-corrected chi connectivity index (χ4v) is 4.85. The molecule has 1 aliphatic heterocycles. The second-order valence-corrected chi connectivity index (χ2v) is 8.71. The van der Waals surface area contributed by atoms with Crippen molar-refractivity contribution in [3.63, 3.8) is 0 Å². The summed E-state index contributed by atoms with van der Waals surface area (Å²) in [4.78, 5) is 32.1. The summed E-state index contributed by atoms with van der Waals surface area (Å²) < 4.78 is 6.22. The summed E-state index contributed by atoms with van der Waals surface area (Å²) in [6, 6.07) is 13.1. The third-order valence-electron chi connectivity index (χ3n) is 4.44. The van der Waals surface area contributed by atoms with Gasteiger partial charge in [0.1, 0.15) is 0 Å². The number of thiazole rings is 1. The lowest BCUT2D eigenvalue weighted by Crippen LogP contribution is -2.35. The molecule has 1 aromatic heterocycles. The number of aromatic nitrogens is 1. The summed E-state index contributed by atoms with van der Waals surface area (Å²) in [7, 11) is 0. The van der Waals surface area contributed by atoms with Gasteiger partial charge in [0.25, 0.3) is 5.91 Å². The first-order chi connectivity index (χ1) is 13.1. The highest BCUT2D eigenvalue weighted by molar-refractivity contribution is 8.00. The fraction of sp³-hybridized carbons (Fsp3) is 0.250. The molecule has 0 saturated carbocycles. The second kappa shape index (κ2) is 7.70. The van der Waals surface area contributed by atoms with E-state index in [4.69, 9.17) is 4.74 Å². The highest BCUT2D eigenvalue weighted by Gasteiger charge is 2.25. The lowest BCUT2D eigenvalue weighted by molar-refractivity contribution is -0.121. The van der Waals surface area contributed by atoms with E-state index in [2.05, 4.69) is 11.9 Å². The number of ether oxygens (including phenoxy) is 1.